The Balaban J connectivity index is 2.19. The van der Waals surface area contributed by atoms with Crippen LogP contribution < -0.4 is 5.73 Å². The normalized spacial score (nSPS) is 11.1. The summed E-state index contributed by atoms with van der Waals surface area (Å²) < 4.78 is 1.38. The van der Waals surface area contributed by atoms with Crippen molar-refractivity contribution < 1.29 is 0 Å². The summed E-state index contributed by atoms with van der Waals surface area (Å²) in [5, 5.41) is 5.31. The van der Waals surface area contributed by atoms with Crippen molar-refractivity contribution in [1.29, 1.82) is 0 Å². The Hall–Kier alpha value is -1.93. The zero-order chi connectivity index (χ0) is 13.4. The summed E-state index contributed by atoms with van der Waals surface area (Å²) in [6.45, 7) is 0. The summed E-state index contributed by atoms with van der Waals surface area (Å²) in [5.41, 5.74) is 6.51. The van der Waals surface area contributed by atoms with E-state index in [1.807, 2.05) is 6.26 Å². The molecule has 7 nitrogen and oxygen atoms in total. The van der Waals surface area contributed by atoms with E-state index in [4.69, 9.17) is 17.3 Å². The van der Waals surface area contributed by atoms with Crippen LogP contribution in [-0.2, 0) is 0 Å². The van der Waals surface area contributed by atoms with Gasteiger partial charge in [-0.1, -0.05) is 23.4 Å². The minimum Gasteiger partial charge on any atom is -0.368 e. The quantitative estimate of drug-likeness (QED) is 0.716. The first-order chi connectivity index (χ1) is 9.17. The van der Waals surface area contributed by atoms with Crippen LogP contribution in [0.3, 0.4) is 0 Å². The van der Waals surface area contributed by atoms with E-state index in [1.54, 1.807) is 18.5 Å². The Kier molecular flexibility index (Phi) is 2.96. The Morgan fingerprint density at radius 1 is 1.26 bits per heavy atom. The summed E-state index contributed by atoms with van der Waals surface area (Å²) in [6, 6.07) is 1.72. The second kappa shape index (κ2) is 4.63. The van der Waals surface area contributed by atoms with Gasteiger partial charge in [0.25, 0.3) is 5.78 Å². The second-order valence-electron chi connectivity index (χ2n) is 3.61. The van der Waals surface area contributed by atoms with Crippen molar-refractivity contribution in [3.05, 3.63) is 23.5 Å². The minimum absolute atomic E-state index is 0.239. The zero-order valence-electron chi connectivity index (χ0n) is 9.78. The smallest absolute Gasteiger partial charge is 0.258 e. The van der Waals surface area contributed by atoms with Gasteiger partial charge in [0.2, 0.25) is 5.95 Å². The molecule has 0 aliphatic carbocycles. The van der Waals surface area contributed by atoms with Crippen LogP contribution in [-0.4, -0.2) is 35.8 Å². The van der Waals surface area contributed by atoms with Crippen LogP contribution in [0, 0.1) is 0 Å². The molecule has 96 valence electrons. The van der Waals surface area contributed by atoms with Crippen LogP contribution in [0.15, 0.2) is 23.6 Å². The molecule has 0 spiro atoms. The van der Waals surface area contributed by atoms with E-state index in [0.29, 0.717) is 27.3 Å². The maximum Gasteiger partial charge on any atom is 0.258 e. The van der Waals surface area contributed by atoms with Gasteiger partial charge in [0.15, 0.2) is 11.0 Å². The van der Waals surface area contributed by atoms with Crippen molar-refractivity contribution in [2.24, 2.45) is 0 Å². The molecule has 3 heterocycles. The number of nitrogens with two attached hydrogens (primary N) is 1. The van der Waals surface area contributed by atoms with Gasteiger partial charge in [-0.05, 0) is 12.3 Å². The first-order valence-electron chi connectivity index (χ1n) is 5.22. The number of hydrogen-bond acceptors (Lipinski definition) is 7. The molecule has 0 radical (unpaired) electrons. The van der Waals surface area contributed by atoms with Gasteiger partial charge in [0.05, 0.1) is 5.02 Å². The van der Waals surface area contributed by atoms with Gasteiger partial charge in [-0.15, -0.1) is 5.10 Å². The number of halogens is 1. The fourth-order valence-electron chi connectivity index (χ4n) is 1.53. The third kappa shape index (κ3) is 2.20. The molecule has 0 aliphatic heterocycles. The van der Waals surface area contributed by atoms with E-state index >= 15 is 0 Å². The first kappa shape index (κ1) is 12.1. The lowest BCUT2D eigenvalue weighted by atomic mass is 10.3. The van der Waals surface area contributed by atoms with Crippen molar-refractivity contribution in [3.63, 3.8) is 0 Å². The Bertz CT molecular complexity index is 757. The largest absolute Gasteiger partial charge is 0.368 e. The minimum atomic E-state index is 0.239. The van der Waals surface area contributed by atoms with Gasteiger partial charge < -0.3 is 5.73 Å². The number of hydrogen-bond donors (Lipinski definition) is 1. The van der Waals surface area contributed by atoms with Gasteiger partial charge in [-0.2, -0.15) is 19.5 Å². The van der Waals surface area contributed by atoms with Crippen LogP contribution in [0.1, 0.15) is 0 Å². The summed E-state index contributed by atoms with van der Waals surface area (Å²) in [4.78, 5) is 16.6. The van der Waals surface area contributed by atoms with Crippen LogP contribution in [0.4, 0.5) is 5.95 Å². The molecule has 0 amide bonds. The predicted molar refractivity (Wildman–Crippen MR) is 73.0 cm³/mol. The molecule has 0 unspecified atom stereocenters. The van der Waals surface area contributed by atoms with Crippen LogP contribution in [0.2, 0.25) is 5.02 Å². The second-order valence-corrected chi connectivity index (χ2v) is 4.82. The number of rotatable bonds is 2. The maximum atomic E-state index is 5.89. The molecule has 0 aliphatic rings. The van der Waals surface area contributed by atoms with Crippen molar-refractivity contribution in [1.82, 2.24) is 29.5 Å². The number of nitrogens with zero attached hydrogens (tertiary/aromatic N) is 6. The Labute approximate surface area is 117 Å². The van der Waals surface area contributed by atoms with Crippen LogP contribution in [0.5, 0.6) is 0 Å². The predicted octanol–water partition coefficient (Wildman–Crippen LogP) is 1.54. The summed E-state index contributed by atoms with van der Waals surface area (Å²) in [6.07, 6.45) is 5.03. The molecule has 19 heavy (non-hydrogen) atoms. The molecular weight excluding hydrogens is 286 g/mol. The van der Waals surface area contributed by atoms with Crippen molar-refractivity contribution in [2.45, 2.75) is 5.16 Å². The van der Waals surface area contributed by atoms with Crippen LogP contribution in [0.25, 0.3) is 17.2 Å². The molecular formula is C10H8ClN7S. The summed E-state index contributed by atoms with van der Waals surface area (Å²) in [7, 11) is 0. The Morgan fingerprint density at radius 3 is 2.84 bits per heavy atom. The maximum absolute atomic E-state index is 5.89. The fourth-order valence-corrected chi connectivity index (χ4v) is 2.07. The average Bonchev–Trinajstić information content (AvgIpc) is 2.83. The SMILES string of the molecule is CSc1nc(N)n2nc(-c3cncc(Cl)c3)nc2n1. The van der Waals surface area contributed by atoms with Gasteiger partial charge >= 0.3 is 0 Å². The average molecular weight is 294 g/mol. The molecule has 0 saturated heterocycles. The lowest BCUT2D eigenvalue weighted by Gasteiger charge is -1.97. The number of pyridine rings is 1. The van der Waals surface area contributed by atoms with Crippen molar-refractivity contribution >= 4 is 35.1 Å². The van der Waals surface area contributed by atoms with E-state index in [2.05, 4.69) is 25.0 Å². The van der Waals surface area contributed by atoms with Crippen LogP contribution >= 0.6 is 23.4 Å². The van der Waals surface area contributed by atoms with Gasteiger partial charge in [-0.25, -0.2) is 0 Å². The lowest BCUT2D eigenvalue weighted by Crippen LogP contribution is -2.04. The third-order valence-corrected chi connectivity index (χ3v) is 3.11. The van der Waals surface area contributed by atoms with E-state index in [-0.39, 0.29) is 5.95 Å². The monoisotopic (exact) mass is 293 g/mol. The molecule has 0 fully saturated rings. The fraction of sp³-hybridized carbons (Fsp3) is 0.100. The highest BCUT2D eigenvalue weighted by Crippen LogP contribution is 2.20. The molecule has 0 atom stereocenters. The molecule has 2 N–H and O–H groups in total. The van der Waals surface area contributed by atoms with E-state index in [0.717, 1.165) is 0 Å². The highest BCUT2D eigenvalue weighted by atomic mass is 35.5. The highest BCUT2D eigenvalue weighted by Gasteiger charge is 2.12. The van der Waals surface area contributed by atoms with Gasteiger partial charge in [-0.3, -0.25) is 4.98 Å². The molecule has 3 rings (SSSR count). The number of aromatic nitrogens is 6. The van der Waals surface area contributed by atoms with Gasteiger partial charge in [0.1, 0.15) is 0 Å². The topological polar surface area (TPSA) is 94.9 Å². The number of anilines is 1. The van der Waals surface area contributed by atoms with E-state index in [9.17, 15) is 0 Å². The first-order valence-corrected chi connectivity index (χ1v) is 6.83. The Morgan fingerprint density at radius 2 is 2.11 bits per heavy atom. The number of fused-ring (bicyclic) bond motifs is 1. The van der Waals surface area contributed by atoms with Crippen molar-refractivity contribution in [2.75, 3.05) is 12.0 Å². The molecule has 9 heteroatoms. The molecule has 0 saturated carbocycles. The van der Waals surface area contributed by atoms with E-state index < -0.39 is 0 Å². The molecule has 0 aromatic carbocycles. The van der Waals surface area contributed by atoms with E-state index in [1.165, 1.54) is 16.3 Å². The summed E-state index contributed by atoms with van der Waals surface area (Å²) >= 11 is 7.28. The van der Waals surface area contributed by atoms with Crippen molar-refractivity contribution in [3.8, 4) is 11.4 Å². The summed E-state index contributed by atoms with van der Waals surface area (Å²) in [5.74, 6) is 1.09. The third-order valence-electron chi connectivity index (χ3n) is 2.36. The number of nitrogen functional groups attached to an aromatic ring is 1. The molecule has 3 aromatic heterocycles. The lowest BCUT2D eigenvalue weighted by molar-refractivity contribution is 0.851. The standard InChI is InChI=1S/C10H8ClN7S/c1-19-10-15-8(12)18-9(16-10)14-7(17-18)5-2-6(11)4-13-3-5/h2-4H,1H3,(H2,12,14,15,16,17). The van der Waals surface area contributed by atoms with Gasteiger partial charge in [0, 0.05) is 18.0 Å². The molecule has 0 bridgehead atoms. The molecule has 3 aromatic rings. The number of thioether (sulfide) groups is 1. The highest BCUT2D eigenvalue weighted by molar-refractivity contribution is 7.98. The zero-order valence-corrected chi connectivity index (χ0v) is 11.4.